The second kappa shape index (κ2) is 2.24. The van der Waals surface area contributed by atoms with Crippen LogP contribution in [-0.2, 0) is 0 Å². The number of rotatable bonds is 0. The highest BCUT2D eigenvalue weighted by Gasteiger charge is 1.92. The topological polar surface area (TPSA) is 0 Å². The van der Waals surface area contributed by atoms with E-state index in [9.17, 15) is 0 Å². The largest absolute Gasteiger partial charge is 0.0729 e. The van der Waals surface area contributed by atoms with E-state index in [0.717, 1.165) is 10.9 Å². The summed E-state index contributed by atoms with van der Waals surface area (Å²) in [5.74, 6) is 0. The average Bonchev–Trinajstić information content (AvgIpc) is 2.33. The minimum atomic E-state index is 1.09. The second-order valence-corrected chi connectivity index (χ2v) is 3.33. The van der Waals surface area contributed by atoms with E-state index in [2.05, 4.69) is 46.3 Å². The second-order valence-electron chi connectivity index (χ2n) is 2.42. The van der Waals surface area contributed by atoms with Crippen molar-refractivity contribution >= 4 is 28.1 Å². The maximum Gasteiger partial charge on any atom is 0.0181 e. The minimum absolute atomic E-state index is 1.09. The van der Waals surface area contributed by atoms with Crippen molar-refractivity contribution in [1.29, 1.82) is 0 Å². The van der Waals surface area contributed by atoms with Gasteiger partial charge in [0.1, 0.15) is 0 Å². The monoisotopic (exact) mass is 194 g/mol. The summed E-state index contributed by atoms with van der Waals surface area (Å²) < 4.78 is 1.16. The summed E-state index contributed by atoms with van der Waals surface area (Å²) in [6, 6.07) is 6.37. The van der Waals surface area contributed by atoms with Crippen molar-refractivity contribution in [1.82, 2.24) is 0 Å². The summed E-state index contributed by atoms with van der Waals surface area (Å²) in [5.41, 5.74) is 0. The first-order valence-corrected chi connectivity index (χ1v) is 4.11. The summed E-state index contributed by atoms with van der Waals surface area (Å²) in [6.45, 7) is 0. The molecule has 50 valence electrons. The Balaban J connectivity index is 2.88. The summed E-state index contributed by atoms with van der Waals surface area (Å²) >= 11 is 3.43. The molecule has 2 rings (SSSR count). The van der Waals surface area contributed by atoms with Gasteiger partial charge < -0.3 is 0 Å². The number of hydrogen-bond acceptors (Lipinski definition) is 0. The van der Waals surface area contributed by atoms with Gasteiger partial charge in [0.25, 0.3) is 0 Å². The predicted octanol–water partition coefficient (Wildman–Crippen LogP) is 1.41. The molecule has 0 aliphatic heterocycles. The first kappa shape index (κ1) is 6.17. The normalized spacial score (nSPS) is 13.7. The molecule has 0 saturated heterocycles. The third-order valence-corrected chi connectivity index (χ3v) is 2.22. The van der Waals surface area contributed by atoms with E-state index < -0.39 is 0 Å². The van der Waals surface area contributed by atoms with Crippen LogP contribution in [0.25, 0.3) is 12.2 Å². The van der Waals surface area contributed by atoms with Crippen LogP contribution in [0, 0.1) is 0 Å². The van der Waals surface area contributed by atoms with Gasteiger partial charge in [-0.25, -0.2) is 0 Å². The Morgan fingerprint density at radius 1 is 1.10 bits per heavy atom. The van der Waals surface area contributed by atoms with Crippen molar-refractivity contribution < 1.29 is 0 Å². The van der Waals surface area contributed by atoms with E-state index in [1.54, 1.807) is 0 Å². The number of hydrogen-bond donors (Lipinski definition) is 0. The third kappa shape index (κ3) is 0.907. The van der Waals surface area contributed by atoms with E-state index in [-0.39, 0.29) is 0 Å². The smallest absolute Gasteiger partial charge is 0.0181 e. The molecule has 0 radical (unpaired) electrons. The number of fused-ring (bicyclic) bond motifs is 1. The van der Waals surface area contributed by atoms with E-state index in [1.807, 2.05) is 0 Å². The molecule has 0 spiro atoms. The van der Waals surface area contributed by atoms with Crippen LogP contribution in [0.15, 0.2) is 22.7 Å². The van der Waals surface area contributed by atoms with Gasteiger partial charge in [-0.1, -0.05) is 34.1 Å². The Hall–Kier alpha value is -0.560. The Kier molecular flexibility index (Phi) is 1.38. The van der Waals surface area contributed by atoms with Crippen LogP contribution in [0.3, 0.4) is 0 Å². The van der Waals surface area contributed by atoms with Crippen LogP contribution >= 0.6 is 15.9 Å². The number of halogens is 1. The van der Waals surface area contributed by atoms with Crippen molar-refractivity contribution in [3.63, 3.8) is 0 Å². The molecular formula is C9H7Br. The molecule has 1 aromatic rings. The van der Waals surface area contributed by atoms with Crippen LogP contribution in [0.5, 0.6) is 0 Å². The standard InChI is InChI=1S/C9H7Br/c10-9-5-4-7-2-1-3-8(7)6-9/h2-6H,1H2. The SMILES string of the molecule is Brc1ccc2c(c1)=CCC=2. The fraction of sp³-hybridized carbons (Fsp3) is 0.111. The van der Waals surface area contributed by atoms with Gasteiger partial charge >= 0.3 is 0 Å². The molecule has 10 heavy (non-hydrogen) atoms. The summed E-state index contributed by atoms with van der Waals surface area (Å²) in [7, 11) is 0. The summed E-state index contributed by atoms with van der Waals surface area (Å²) in [6.07, 6.45) is 5.56. The molecule has 0 bridgehead atoms. The van der Waals surface area contributed by atoms with Gasteiger partial charge in [0, 0.05) is 4.47 Å². The van der Waals surface area contributed by atoms with Crippen LogP contribution in [0.1, 0.15) is 6.42 Å². The lowest BCUT2D eigenvalue weighted by atomic mass is 10.3. The fourth-order valence-electron chi connectivity index (χ4n) is 1.22. The van der Waals surface area contributed by atoms with Crippen molar-refractivity contribution in [2.24, 2.45) is 0 Å². The Morgan fingerprint density at radius 3 is 2.80 bits per heavy atom. The maximum atomic E-state index is 3.43. The average molecular weight is 195 g/mol. The van der Waals surface area contributed by atoms with Crippen LogP contribution in [0.2, 0.25) is 0 Å². The first-order chi connectivity index (χ1) is 4.86. The van der Waals surface area contributed by atoms with E-state index in [1.165, 1.54) is 10.4 Å². The van der Waals surface area contributed by atoms with Gasteiger partial charge in [-0.3, -0.25) is 0 Å². The lowest BCUT2D eigenvalue weighted by Crippen LogP contribution is -2.19. The Morgan fingerprint density at radius 2 is 1.90 bits per heavy atom. The molecule has 1 aliphatic carbocycles. The van der Waals surface area contributed by atoms with Gasteiger partial charge in [-0.15, -0.1) is 0 Å². The minimum Gasteiger partial charge on any atom is -0.0729 e. The van der Waals surface area contributed by atoms with Gasteiger partial charge in [0.15, 0.2) is 0 Å². The summed E-state index contributed by atoms with van der Waals surface area (Å²) in [4.78, 5) is 0. The predicted molar refractivity (Wildman–Crippen MR) is 46.9 cm³/mol. The Labute approximate surface area is 68.0 Å². The van der Waals surface area contributed by atoms with E-state index in [0.29, 0.717) is 0 Å². The molecular weight excluding hydrogens is 188 g/mol. The lowest BCUT2D eigenvalue weighted by molar-refractivity contribution is 1.51. The van der Waals surface area contributed by atoms with Gasteiger partial charge in [0.2, 0.25) is 0 Å². The third-order valence-electron chi connectivity index (χ3n) is 1.72. The van der Waals surface area contributed by atoms with Crippen molar-refractivity contribution in [2.45, 2.75) is 6.42 Å². The number of benzene rings is 1. The maximum absolute atomic E-state index is 3.43. The molecule has 0 N–H and O–H groups in total. The zero-order valence-corrected chi connectivity index (χ0v) is 7.06. The molecule has 0 fully saturated rings. The van der Waals surface area contributed by atoms with Crippen molar-refractivity contribution in [3.8, 4) is 0 Å². The quantitative estimate of drug-likeness (QED) is 0.587. The fourth-order valence-corrected chi connectivity index (χ4v) is 1.60. The summed E-state index contributed by atoms with van der Waals surface area (Å²) in [5, 5.41) is 2.72. The molecule has 1 heteroatoms. The molecule has 0 aromatic heterocycles. The molecule has 0 amide bonds. The molecule has 0 heterocycles. The van der Waals surface area contributed by atoms with Crippen LogP contribution in [-0.4, -0.2) is 0 Å². The van der Waals surface area contributed by atoms with Crippen LogP contribution in [0.4, 0.5) is 0 Å². The van der Waals surface area contributed by atoms with Crippen molar-refractivity contribution in [2.75, 3.05) is 0 Å². The molecule has 1 aliphatic rings. The molecule has 0 unspecified atom stereocenters. The van der Waals surface area contributed by atoms with Gasteiger partial charge in [-0.2, -0.15) is 0 Å². The highest BCUT2D eigenvalue weighted by molar-refractivity contribution is 9.10. The highest BCUT2D eigenvalue weighted by atomic mass is 79.9. The molecule has 0 nitrogen and oxygen atoms in total. The lowest BCUT2D eigenvalue weighted by Gasteiger charge is -1.86. The zero-order valence-electron chi connectivity index (χ0n) is 5.47. The molecule has 1 aromatic carbocycles. The first-order valence-electron chi connectivity index (χ1n) is 3.32. The molecule has 0 saturated carbocycles. The van der Waals surface area contributed by atoms with Gasteiger partial charge in [-0.05, 0) is 29.0 Å². The molecule has 0 atom stereocenters. The van der Waals surface area contributed by atoms with Crippen molar-refractivity contribution in [3.05, 3.63) is 33.1 Å². The van der Waals surface area contributed by atoms with E-state index >= 15 is 0 Å². The van der Waals surface area contributed by atoms with Crippen LogP contribution < -0.4 is 10.4 Å². The van der Waals surface area contributed by atoms with Gasteiger partial charge in [0.05, 0.1) is 0 Å². The Bertz CT molecular complexity index is 363. The zero-order chi connectivity index (χ0) is 6.97. The highest BCUT2D eigenvalue weighted by Crippen LogP contribution is 2.03. The van der Waals surface area contributed by atoms with E-state index in [4.69, 9.17) is 0 Å².